The molecule has 0 aliphatic carbocycles. The van der Waals surface area contributed by atoms with Crippen LogP contribution < -0.4 is 5.32 Å². The largest absolute Gasteiger partial charge is 0.336 e. The Balaban J connectivity index is 1.73. The Hall–Kier alpha value is -1.61. The van der Waals surface area contributed by atoms with E-state index in [1.54, 1.807) is 0 Å². The van der Waals surface area contributed by atoms with E-state index >= 15 is 0 Å². The first-order valence-electron chi connectivity index (χ1n) is 7.37. The van der Waals surface area contributed by atoms with Crippen molar-refractivity contribution in [1.82, 2.24) is 10.2 Å². The highest BCUT2D eigenvalue weighted by molar-refractivity contribution is 5.78. The second-order valence-electron chi connectivity index (χ2n) is 5.48. The Morgan fingerprint density at radius 3 is 3.10 bits per heavy atom. The molecule has 1 aliphatic heterocycles. The van der Waals surface area contributed by atoms with Gasteiger partial charge in [-0.2, -0.15) is 0 Å². The van der Waals surface area contributed by atoms with E-state index in [1.807, 2.05) is 11.0 Å². The van der Waals surface area contributed by atoms with Crippen molar-refractivity contribution >= 4 is 5.91 Å². The highest BCUT2D eigenvalue weighted by atomic mass is 16.2. The molecule has 0 unspecified atom stereocenters. The van der Waals surface area contributed by atoms with E-state index < -0.39 is 0 Å². The number of hydrogen-bond acceptors (Lipinski definition) is 2. The third kappa shape index (κ3) is 3.94. The Morgan fingerprint density at radius 2 is 2.35 bits per heavy atom. The van der Waals surface area contributed by atoms with Crippen molar-refractivity contribution < 1.29 is 4.79 Å². The molecule has 3 heteroatoms. The summed E-state index contributed by atoms with van der Waals surface area (Å²) in [4.78, 5) is 13.7. The van der Waals surface area contributed by atoms with Gasteiger partial charge in [0.2, 0.25) is 5.91 Å². The van der Waals surface area contributed by atoms with Gasteiger partial charge in [-0.15, -0.1) is 6.58 Å². The molecule has 1 aromatic rings. The molecule has 1 heterocycles. The quantitative estimate of drug-likeness (QED) is 0.611. The lowest BCUT2D eigenvalue weighted by Crippen LogP contribution is -2.35. The predicted molar refractivity (Wildman–Crippen MR) is 82.4 cm³/mol. The van der Waals surface area contributed by atoms with Crippen LogP contribution in [0.1, 0.15) is 30.4 Å². The van der Waals surface area contributed by atoms with Crippen LogP contribution in [0, 0.1) is 6.92 Å². The topological polar surface area (TPSA) is 32.3 Å². The van der Waals surface area contributed by atoms with Crippen LogP contribution in [0.25, 0.3) is 0 Å². The lowest BCUT2D eigenvalue weighted by molar-refractivity contribution is -0.128. The zero-order valence-electron chi connectivity index (χ0n) is 12.3. The van der Waals surface area contributed by atoms with Crippen molar-refractivity contribution in [2.45, 2.75) is 38.8 Å². The first kappa shape index (κ1) is 14.8. The monoisotopic (exact) mass is 272 g/mol. The number of amides is 1. The van der Waals surface area contributed by atoms with Gasteiger partial charge >= 0.3 is 0 Å². The van der Waals surface area contributed by atoms with Crippen molar-refractivity contribution in [2.24, 2.45) is 0 Å². The van der Waals surface area contributed by atoms with Gasteiger partial charge in [0.25, 0.3) is 0 Å². The number of nitrogens with zero attached hydrogens (tertiary/aromatic N) is 1. The Bertz CT molecular complexity index is 470. The average molecular weight is 272 g/mol. The van der Waals surface area contributed by atoms with Crippen LogP contribution in [-0.2, 0) is 11.3 Å². The lowest BCUT2D eigenvalue weighted by atomic mass is 10.1. The van der Waals surface area contributed by atoms with Crippen molar-refractivity contribution in [3.63, 3.8) is 0 Å². The van der Waals surface area contributed by atoms with E-state index in [-0.39, 0.29) is 5.91 Å². The summed E-state index contributed by atoms with van der Waals surface area (Å²) in [6, 6.07) is 8.93. The second kappa shape index (κ2) is 7.25. The summed E-state index contributed by atoms with van der Waals surface area (Å²) >= 11 is 0. The molecule has 1 fully saturated rings. The smallest absolute Gasteiger partial charge is 0.223 e. The summed E-state index contributed by atoms with van der Waals surface area (Å²) < 4.78 is 0. The number of benzene rings is 1. The molecule has 0 radical (unpaired) electrons. The van der Waals surface area contributed by atoms with E-state index in [0.29, 0.717) is 19.0 Å². The SMILES string of the molecule is C=CCN1C(=O)CC[C@@H]1CCNCc1cccc(C)c1. The predicted octanol–water partition coefficient (Wildman–Crippen LogP) is 2.65. The molecular weight excluding hydrogens is 248 g/mol. The van der Waals surface area contributed by atoms with Gasteiger partial charge < -0.3 is 10.2 Å². The standard InChI is InChI=1S/C17H24N2O/c1-3-11-19-16(7-8-17(19)20)9-10-18-13-15-6-4-5-14(2)12-15/h3-6,12,16,18H,1,7-11,13H2,2H3/t16-/m1/s1. The molecule has 2 rings (SSSR count). The molecule has 20 heavy (non-hydrogen) atoms. The molecule has 1 aliphatic rings. The zero-order valence-corrected chi connectivity index (χ0v) is 12.3. The van der Waals surface area contributed by atoms with Crippen LogP contribution in [0.3, 0.4) is 0 Å². The second-order valence-corrected chi connectivity index (χ2v) is 5.48. The molecule has 0 bridgehead atoms. The Morgan fingerprint density at radius 1 is 1.50 bits per heavy atom. The van der Waals surface area contributed by atoms with Crippen molar-refractivity contribution in [2.75, 3.05) is 13.1 Å². The fourth-order valence-corrected chi connectivity index (χ4v) is 2.81. The van der Waals surface area contributed by atoms with Gasteiger partial charge in [-0.25, -0.2) is 0 Å². The highest BCUT2D eigenvalue weighted by Crippen LogP contribution is 2.20. The summed E-state index contributed by atoms with van der Waals surface area (Å²) in [6.07, 6.45) is 4.51. The first-order valence-corrected chi connectivity index (χ1v) is 7.37. The molecule has 3 nitrogen and oxygen atoms in total. The van der Waals surface area contributed by atoms with Crippen LogP contribution in [0.2, 0.25) is 0 Å². The minimum atomic E-state index is 0.272. The first-order chi connectivity index (χ1) is 9.70. The molecule has 1 aromatic carbocycles. The molecule has 0 aromatic heterocycles. The van der Waals surface area contributed by atoms with Gasteiger partial charge in [0.05, 0.1) is 0 Å². The third-order valence-corrected chi connectivity index (χ3v) is 3.84. The van der Waals surface area contributed by atoms with Crippen molar-refractivity contribution in [1.29, 1.82) is 0 Å². The van der Waals surface area contributed by atoms with Crippen LogP contribution in [0.4, 0.5) is 0 Å². The molecule has 1 atom stereocenters. The summed E-state index contributed by atoms with van der Waals surface area (Å²) in [5, 5.41) is 3.47. The maximum Gasteiger partial charge on any atom is 0.223 e. The van der Waals surface area contributed by atoms with Gasteiger partial charge in [-0.3, -0.25) is 4.79 Å². The molecule has 0 spiro atoms. The number of carbonyl (C=O) groups excluding carboxylic acids is 1. The average Bonchev–Trinajstić information content (AvgIpc) is 2.77. The summed E-state index contributed by atoms with van der Waals surface area (Å²) in [7, 11) is 0. The summed E-state index contributed by atoms with van der Waals surface area (Å²) in [5.74, 6) is 0.272. The zero-order chi connectivity index (χ0) is 14.4. The van der Waals surface area contributed by atoms with E-state index in [0.717, 1.165) is 25.9 Å². The highest BCUT2D eigenvalue weighted by Gasteiger charge is 2.29. The van der Waals surface area contributed by atoms with Crippen molar-refractivity contribution in [3.8, 4) is 0 Å². The van der Waals surface area contributed by atoms with Gasteiger partial charge in [0.1, 0.15) is 0 Å². The maximum atomic E-state index is 11.7. The van der Waals surface area contributed by atoms with Gasteiger partial charge in [0, 0.05) is 25.6 Å². The van der Waals surface area contributed by atoms with Crippen LogP contribution >= 0.6 is 0 Å². The van der Waals surface area contributed by atoms with E-state index in [4.69, 9.17) is 0 Å². The molecule has 1 N–H and O–H groups in total. The third-order valence-electron chi connectivity index (χ3n) is 3.84. The summed E-state index contributed by atoms with van der Waals surface area (Å²) in [5.41, 5.74) is 2.61. The normalized spacial score (nSPS) is 18.6. The number of rotatable bonds is 7. The number of nitrogens with one attached hydrogen (secondary N) is 1. The fourth-order valence-electron chi connectivity index (χ4n) is 2.81. The van der Waals surface area contributed by atoms with Crippen molar-refractivity contribution in [3.05, 3.63) is 48.0 Å². The number of carbonyl (C=O) groups is 1. The molecule has 108 valence electrons. The minimum Gasteiger partial charge on any atom is -0.336 e. The Kier molecular flexibility index (Phi) is 5.36. The molecule has 1 amide bonds. The van der Waals surface area contributed by atoms with Crippen LogP contribution in [0.15, 0.2) is 36.9 Å². The lowest BCUT2D eigenvalue weighted by Gasteiger charge is -2.23. The minimum absolute atomic E-state index is 0.272. The van der Waals surface area contributed by atoms with E-state index in [2.05, 4.69) is 43.1 Å². The van der Waals surface area contributed by atoms with Gasteiger partial charge in [-0.1, -0.05) is 35.9 Å². The summed E-state index contributed by atoms with van der Waals surface area (Å²) in [6.45, 7) is 8.36. The number of aryl methyl sites for hydroxylation is 1. The van der Waals surface area contributed by atoms with E-state index in [9.17, 15) is 4.79 Å². The van der Waals surface area contributed by atoms with E-state index in [1.165, 1.54) is 11.1 Å². The number of likely N-dealkylation sites (tertiary alicyclic amines) is 1. The maximum absolute atomic E-state index is 11.7. The molecule has 0 saturated carbocycles. The molecular formula is C17H24N2O. The Labute approximate surface area is 121 Å². The number of hydrogen-bond donors (Lipinski definition) is 1. The van der Waals surface area contributed by atoms with Gasteiger partial charge in [-0.05, 0) is 31.9 Å². The fraction of sp³-hybridized carbons (Fsp3) is 0.471. The van der Waals surface area contributed by atoms with Crippen LogP contribution in [-0.4, -0.2) is 29.9 Å². The van der Waals surface area contributed by atoms with Gasteiger partial charge in [0.15, 0.2) is 0 Å². The molecule has 1 saturated heterocycles. The van der Waals surface area contributed by atoms with Crippen LogP contribution in [0.5, 0.6) is 0 Å².